The first-order chi connectivity index (χ1) is 9.62. The maximum absolute atomic E-state index is 13.9. The number of ether oxygens (including phenoxy) is 2. The van der Waals surface area contributed by atoms with E-state index in [0.717, 1.165) is 12.1 Å². The Labute approximate surface area is 119 Å². The summed E-state index contributed by atoms with van der Waals surface area (Å²) in [5, 5.41) is 3.12. The van der Waals surface area contributed by atoms with Gasteiger partial charge in [0.2, 0.25) is 0 Å². The van der Waals surface area contributed by atoms with Gasteiger partial charge in [-0.1, -0.05) is 19.9 Å². The molecule has 0 radical (unpaired) electrons. The van der Waals surface area contributed by atoms with Crippen molar-refractivity contribution in [3.8, 4) is 5.75 Å². The molecule has 0 heterocycles. The summed E-state index contributed by atoms with van der Waals surface area (Å²) >= 11 is 0. The van der Waals surface area contributed by atoms with Crippen molar-refractivity contribution in [1.82, 2.24) is 5.32 Å². The topological polar surface area (TPSA) is 47.6 Å². The highest BCUT2D eigenvalue weighted by molar-refractivity contribution is 5.75. The highest BCUT2D eigenvalue weighted by Gasteiger charge is 2.21. The zero-order valence-electron chi connectivity index (χ0n) is 12.2. The van der Waals surface area contributed by atoms with E-state index >= 15 is 0 Å². The Morgan fingerprint density at radius 2 is 2.10 bits per heavy atom. The van der Waals surface area contributed by atoms with E-state index in [1.807, 2.05) is 6.92 Å². The van der Waals surface area contributed by atoms with Crippen LogP contribution in [0, 0.1) is 5.82 Å². The van der Waals surface area contributed by atoms with Crippen LogP contribution in [0.4, 0.5) is 4.39 Å². The minimum absolute atomic E-state index is 0.0742. The number of carbonyl (C=O) groups excluding carboxylic acids is 1. The number of hydrogen-bond acceptors (Lipinski definition) is 4. The molecule has 1 atom stereocenters. The lowest BCUT2D eigenvalue weighted by molar-refractivity contribution is -0.151. The van der Waals surface area contributed by atoms with Crippen molar-refractivity contribution in [2.75, 3.05) is 13.2 Å². The average molecular weight is 283 g/mol. The largest absolute Gasteiger partial charge is 0.476 e. The van der Waals surface area contributed by atoms with E-state index < -0.39 is 17.9 Å². The predicted molar refractivity (Wildman–Crippen MR) is 75.1 cm³/mol. The summed E-state index contributed by atoms with van der Waals surface area (Å²) in [4.78, 5) is 11.6. The molecule has 1 N–H and O–H groups in total. The van der Waals surface area contributed by atoms with Crippen molar-refractivity contribution < 1.29 is 18.7 Å². The van der Waals surface area contributed by atoms with Crippen LogP contribution < -0.4 is 10.1 Å². The number of rotatable bonds is 8. The van der Waals surface area contributed by atoms with Crippen LogP contribution >= 0.6 is 0 Å². The monoisotopic (exact) mass is 283 g/mol. The quantitative estimate of drug-likeness (QED) is 0.745. The standard InChI is InChI=1S/C15H22FNO3/c1-4-13(15(18)19-6-3)20-14-8-7-11(9-12(14)16)10-17-5-2/h7-9,13,17H,4-6,10H2,1-3H3. The number of benzene rings is 1. The first-order valence-corrected chi connectivity index (χ1v) is 6.94. The molecule has 1 aromatic rings. The van der Waals surface area contributed by atoms with Gasteiger partial charge in [0.05, 0.1) is 6.61 Å². The smallest absolute Gasteiger partial charge is 0.347 e. The Balaban J connectivity index is 2.73. The van der Waals surface area contributed by atoms with E-state index in [9.17, 15) is 9.18 Å². The summed E-state index contributed by atoms with van der Waals surface area (Å²) in [6.07, 6.45) is -0.346. The van der Waals surface area contributed by atoms with Crippen LogP contribution in [0.3, 0.4) is 0 Å². The van der Waals surface area contributed by atoms with Crippen molar-refractivity contribution in [3.63, 3.8) is 0 Å². The van der Waals surface area contributed by atoms with Crippen molar-refractivity contribution >= 4 is 5.97 Å². The third-order valence-corrected chi connectivity index (χ3v) is 2.76. The Bertz CT molecular complexity index is 437. The molecule has 0 saturated heterocycles. The van der Waals surface area contributed by atoms with Gasteiger partial charge in [-0.05, 0) is 37.6 Å². The molecule has 20 heavy (non-hydrogen) atoms. The van der Waals surface area contributed by atoms with Gasteiger partial charge >= 0.3 is 5.97 Å². The Hall–Kier alpha value is -1.62. The lowest BCUT2D eigenvalue weighted by atomic mass is 10.2. The van der Waals surface area contributed by atoms with Gasteiger partial charge in [-0.2, -0.15) is 0 Å². The molecule has 0 aliphatic rings. The van der Waals surface area contributed by atoms with Gasteiger partial charge in [0.1, 0.15) is 0 Å². The highest BCUT2D eigenvalue weighted by atomic mass is 19.1. The predicted octanol–water partition coefficient (Wildman–Crippen LogP) is 2.66. The molecule has 0 fully saturated rings. The zero-order chi connectivity index (χ0) is 15.0. The molecule has 1 aromatic carbocycles. The molecule has 5 heteroatoms. The van der Waals surface area contributed by atoms with Crippen LogP contribution in [0.25, 0.3) is 0 Å². The van der Waals surface area contributed by atoms with Gasteiger partial charge in [-0.3, -0.25) is 0 Å². The fraction of sp³-hybridized carbons (Fsp3) is 0.533. The van der Waals surface area contributed by atoms with Crippen LogP contribution in [0.2, 0.25) is 0 Å². The summed E-state index contributed by atoms with van der Waals surface area (Å²) in [6.45, 7) is 7.20. The van der Waals surface area contributed by atoms with Crippen LogP contribution in [-0.2, 0) is 16.1 Å². The summed E-state index contributed by atoms with van der Waals surface area (Å²) in [5.74, 6) is -0.862. The Morgan fingerprint density at radius 3 is 2.65 bits per heavy atom. The SMILES string of the molecule is CCNCc1ccc(OC(CC)C(=O)OCC)c(F)c1. The van der Waals surface area contributed by atoms with E-state index in [0.29, 0.717) is 13.0 Å². The lowest BCUT2D eigenvalue weighted by Gasteiger charge is -2.16. The van der Waals surface area contributed by atoms with Crippen LogP contribution in [0.15, 0.2) is 18.2 Å². The summed E-state index contributed by atoms with van der Waals surface area (Å²) in [7, 11) is 0. The maximum atomic E-state index is 13.9. The summed E-state index contributed by atoms with van der Waals surface area (Å²) in [5.41, 5.74) is 0.834. The number of hydrogen-bond donors (Lipinski definition) is 1. The molecule has 0 bridgehead atoms. The van der Waals surface area contributed by atoms with E-state index in [4.69, 9.17) is 9.47 Å². The first kappa shape index (κ1) is 16.4. The molecule has 112 valence electrons. The number of esters is 1. The third-order valence-electron chi connectivity index (χ3n) is 2.76. The number of halogens is 1. The molecule has 1 unspecified atom stereocenters. The zero-order valence-corrected chi connectivity index (χ0v) is 12.2. The van der Waals surface area contributed by atoms with Crippen LogP contribution in [0.5, 0.6) is 5.75 Å². The van der Waals surface area contributed by atoms with Gasteiger partial charge in [0.25, 0.3) is 0 Å². The molecule has 4 nitrogen and oxygen atoms in total. The minimum atomic E-state index is -0.774. The molecule has 0 aliphatic carbocycles. The molecule has 0 aliphatic heterocycles. The summed E-state index contributed by atoms with van der Waals surface area (Å²) in [6, 6.07) is 4.73. The van der Waals surface area contributed by atoms with Gasteiger partial charge in [-0.15, -0.1) is 0 Å². The molecule has 1 rings (SSSR count). The van der Waals surface area contributed by atoms with E-state index in [-0.39, 0.29) is 12.4 Å². The fourth-order valence-corrected chi connectivity index (χ4v) is 1.71. The van der Waals surface area contributed by atoms with Gasteiger partial charge < -0.3 is 14.8 Å². The van der Waals surface area contributed by atoms with Gasteiger partial charge in [0, 0.05) is 6.54 Å². The molecular weight excluding hydrogens is 261 g/mol. The van der Waals surface area contributed by atoms with E-state index in [1.54, 1.807) is 26.0 Å². The molecule has 0 saturated carbocycles. The van der Waals surface area contributed by atoms with E-state index in [2.05, 4.69) is 5.32 Å². The second kappa shape index (κ2) is 8.53. The molecular formula is C15H22FNO3. The van der Waals surface area contributed by atoms with Crippen molar-refractivity contribution in [1.29, 1.82) is 0 Å². The maximum Gasteiger partial charge on any atom is 0.347 e. The van der Waals surface area contributed by atoms with Crippen molar-refractivity contribution in [3.05, 3.63) is 29.6 Å². The summed E-state index contributed by atoms with van der Waals surface area (Å²) < 4.78 is 24.2. The van der Waals surface area contributed by atoms with Crippen molar-refractivity contribution in [2.45, 2.75) is 39.8 Å². The second-order valence-electron chi connectivity index (χ2n) is 4.31. The molecule has 0 aromatic heterocycles. The highest BCUT2D eigenvalue weighted by Crippen LogP contribution is 2.21. The number of carbonyl (C=O) groups is 1. The Kier molecular flexibility index (Phi) is 7.01. The van der Waals surface area contributed by atoms with Crippen LogP contribution in [-0.4, -0.2) is 25.2 Å². The fourth-order valence-electron chi connectivity index (χ4n) is 1.71. The average Bonchev–Trinajstić information content (AvgIpc) is 2.44. The number of nitrogens with one attached hydrogen (secondary N) is 1. The van der Waals surface area contributed by atoms with Crippen molar-refractivity contribution in [2.24, 2.45) is 0 Å². The minimum Gasteiger partial charge on any atom is -0.476 e. The normalized spacial score (nSPS) is 12.0. The first-order valence-electron chi connectivity index (χ1n) is 6.94. The second-order valence-corrected chi connectivity index (χ2v) is 4.31. The Morgan fingerprint density at radius 1 is 1.35 bits per heavy atom. The van der Waals surface area contributed by atoms with Gasteiger partial charge in [0.15, 0.2) is 17.7 Å². The van der Waals surface area contributed by atoms with E-state index in [1.165, 1.54) is 6.07 Å². The third kappa shape index (κ3) is 4.81. The van der Waals surface area contributed by atoms with Crippen LogP contribution in [0.1, 0.15) is 32.8 Å². The lowest BCUT2D eigenvalue weighted by Crippen LogP contribution is -2.29. The van der Waals surface area contributed by atoms with Gasteiger partial charge in [-0.25, -0.2) is 9.18 Å². The molecule has 0 amide bonds. The molecule has 0 spiro atoms.